The summed E-state index contributed by atoms with van der Waals surface area (Å²) in [7, 11) is 0. The number of aryl methyl sites for hydroxylation is 1. The fourth-order valence-electron chi connectivity index (χ4n) is 0.992. The summed E-state index contributed by atoms with van der Waals surface area (Å²) in [6, 6.07) is 6.04. The van der Waals surface area contributed by atoms with E-state index in [1.54, 1.807) is 0 Å². The van der Waals surface area contributed by atoms with E-state index in [0.29, 0.717) is 0 Å². The molecule has 0 amide bonds. The zero-order chi connectivity index (χ0) is 8.97. The summed E-state index contributed by atoms with van der Waals surface area (Å²) < 4.78 is 1.30. The highest BCUT2D eigenvalue weighted by molar-refractivity contribution is 14.1. The van der Waals surface area contributed by atoms with E-state index >= 15 is 0 Å². The number of hydrogen-bond donors (Lipinski definition) is 0. The highest BCUT2D eigenvalue weighted by Crippen LogP contribution is 2.19. The molecule has 0 aromatic heterocycles. The molecule has 0 saturated heterocycles. The first-order valence-electron chi connectivity index (χ1n) is 3.74. The van der Waals surface area contributed by atoms with Crippen LogP contribution in [0.25, 0.3) is 0 Å². The van der Waals surface area contributed by atoms with Gasteiger partial charge in [0.05, 0.1) is 0 Å². The summed E-state index contributed by atoms with van der Waals surface area (Å²) in [6.07, 6.45) is 2.26. The Kier molecular flexibility index (Phi) is 4.90. The Labute approximate surface area is 100.0 Å². The molecule has 0 bridgehead atoms. The third kappa shape index (κ3) is 3.23. The van der Waals surface area contributed by atoms with Crippen LogP contribution in [-0.2, 0) is 6.42 Å². The van der Waals surface area contributed by atoms with Crippen LogP contribution < -0.4 is 0 Å². The average Bonchev–Trinajstić information content (AvgIpc) is 2.07. The van der Waals surface area contributed by atoms with Crippen LogP contribution in [-0.4, -0.2) is 5.33 Å². The molecular formula is C9H9BrClI. The Balaban J connectivity index is 2.75. The van der Waals surface area contributed by atoms with Crippen LogP contribution in [0.5, 0.6) is 0 Å². The maximum Gasteiger partial charge on any atom is 0.0409 e. The fraction of sp³-hybridized carbons (Fsp3) is 0.333. The molecule has 0 heterocycles. The number of alkyl halides is 1. The first kappa shape index (κ1) is 10.8. The van der Waals surface area contributed by atoms with Crippen LogP contribution in [0.4, 0.5) is 0 Å². The molecule has 0 N–H and O–H groups in total. The second-order valence-electron chi connectivity index (χ2n) is 2.53. The van der Waals surface area contributed by atoms with Gasteiger partial charge < -0.3 is 0 Å². The Morgan fingerprint density at radius 2 is 2.17 bits per heavy atom. The molecule has 0 radical (unpaired) electrons. The molecule has 0 atom stereocenters. The van der Waals surface area contributed by atoms with Crippen molar-refractivity contribution < 1.29 is 0 Å². The molecular weight excluding hydrogens is 350 g/mol. The van der Waals surface area contributed by atoms with Gasteiger partial charge in [0.25, 0.3) is 0 Å². The molecule has 0 fully saturated rings. The minimum atomic E-state index is 0.833. The highest BCUT2D eigenvalue weighted by atomic mass is 127. The summed E-state index contributed by atoms with van der Waals surface area (Å²) in [5, 5.41) is 1.88. The molecule has 66 valence electrons. The molecule has 3 heteroatoms. The zero-order valence-corrected chi connectivity index (χ0v) is 11.0. The lowest BCUT2D eigenvalue weighted by molar-refractivity contribution is 0.934. The summed E-state index contributed by atoms with van der Waals surface area (Å²) >= 11 is 11.6. The van der Waals surface area contributed by atoms with Crippen molar-refractivity contribution in [3.05, 3.63) is 32.4 Å². The Hall–Kier alpha value is 0.720. The highest BCUT2D eigenvalue weighted by Gasteiger charge is 1.99. The van der Waals surface area contributed by atoms with Gasteiger partial charge in [-0.2, -0.15) is 0 Å². The molecule has 1 rings (SSSR count). The largest absolute Gasteiger partial charge is 0.0928 e. The van der Waals surface area contributed by atoms with Crippen molar-refractivity contribution in [2.45, 2.75) is 12.8 Å². The second kappa shape index (κ2) is 5.45. The van der Waals surface area contributed by atoms with Crippen LogP contribution in [0.15, 0.2) is 18.2 Å². The van der Waals surface area contributed by atoms with Gasteiger partial charge in [0, 0.05) is 13.9 Å². The topological polar surface area (TPSA) is 0 Å². The van der Waals surface area contributed by atoms with E-state index in [0.717, 1.165) is 23.2 Å². The third-order valence-electron chi connectivity index (χ3n) is 1.59. The van der Waals surface area contributed by atoms with Gasteiger partial charge in [0.15, 0.2) is 0 Å². The number of benzene rings is 1. The molecule has 0 unspecified atom stereocenters. The van der Waals surface area contributed by atoms with Gasteiger partial charge in [0.2, 0.25) is 0 Å². The molecule has 0 saturated carbocycles. The van der Waals surface area contributed by atoms with Crippen molar-refractivity contribution >= 4 is 50.1 Å². The van der Waals surface area contributed by atoms with Crippen molar-refractivity contribution in [3.8, 4) is 0 Å². The van der Waals surface area contributed by atoms with Gasteiger partial charge in [-0.1, -0.05) is 27.5 Å². The van der Waals surface area contributed by atoms with Gasteiger partial charge in [-0.05, 0) is 59.2 Å². The van der Waals surface area contributed by atoms with Gasteiger partial charge in [-0.15, -0.1) is 0 Å². The van der Waals surface area contributed by atoms with Crippen molar-refractivity contribution in [2.24, 2.45) is 0 Å². The molecule has 0 nitrogen and oxygen atoms in total. The van der Waals surface area contributed by atoms with Crippen molar-refractivity contribution in [2.75, 3.05) is 5.33 Å². The third-order valence-corrected chi connectivity index (χ3v) is 3.44. The molecule has 0 aliphatic rings. The standard InChI is InChI=1S/C9H9BrClI/c10-5-1-2-7-6-8(11)3-4-9(7)12/h3-4,6H,1-2,5H2. The molecule has 12 heavy (non-hydrogen) atoms. The average molecular weight is 359 g/mol. The van der Waals surface area contributed by atoms with Crippen molar-refractivity contribution in [1.29, 1.82) is 0 Å². The van der Waals surface area contributed by atoms with E-state index in [1.165, 1.54) is 9.13 Å². The maximum atomic E-state index is 5.88. The number of halogens is 3. The molecule has 1 aromatic rings. The number of rotatable bonds is 3. The Bertz CT molecular complexity index is 263. The minimum Gasteiger partial charge on any atom is -0.0928 e. The Morgan fingerprint density at radius 1 is 1.42 bits per heavy atom. The van der Waals surface area contributed by atoms with Gasteiger partial charge in [-0.3, -0.25) is 0 Å². The Morgan fingerprint density at radius 3 is 2.83 bits per heavy atom. The van der Waals surface area contributed by atoms with Crippen LogP contribution in [0.1, 0.15) is 12.0 Å². The summed E-state index contributed by atoms with van der Waals surface area (Å²) in [5.41, 5.74) is 1.35. The molecule has 0 aliphatic carbocycles. The minimum absolute atomic E-state index is 0.833. The quantitative estimate of drug-likeness (QED) is 0.558. The SMILES string of the molecule is Clc1ccc(I)c(CCCBr)c1. The predicted molar refractivity (Wildman–Crippen MR) is 66.3 cm³/mol. The summed E-state index contributed by atoms with van der Waals surface area (Å²) in [4.78, 5) is 0. The van der Waals surface area contributed by atoms with Crippen LogP contribution in [0.3, 0.4) is 0 Å². The molecule has 1 aromatic carbocycles. The van der Waals surface area contributed by atoms with Crippen molar-refractivity contribution in [3.63, 3.8) is 0 Å². The maximum absolute atomic E-state index is 5.88. The van der Waals surface area contributed by atoms with Gasteiger partial charge in [-0.25, -0.2) is 0 Å². The number of hydrogen-bond acceptors (Lipinski definition) is 0. The molecule has 0 spiro atoms. The smallest absolute Gasteiger partial charge is 0.0409 e. The lowest BCUT2D eigenvalue weighted by atomic mass is 10.1. The fourth-order valence-corrected chi connectivity index (χ4v) is 2.07. The summed E-state index contributed by atoms with van der Waals surface area (Å²) in [6.45, 7) is 0. The normalized spacial score (nSPS) is 10.2. The zero-order valence-electron chi connectivity index (χ0n) is 6.49. The monoisotopic (exact) mass is 358 g/mol. The van der Waals surface area contributed by atoms with Crippen molar-refractivity contribution in [1.82, 2.24) is 0 Å². The summed E-state index contributed by atoms with van der Waals surface area (Å²) in [5.74, 6) is 0. The van der Waals surface area contributed by atoms with E-state index in [2.05, 4.69) is 44.6 Å². The lowest BCUT2D eigenvalue weighted by Crippen LogP contribution is -1.89. The van der Waals surface area contributed by atoms with E-state index in [-0.39, 0.29) is 0 Å². The predicted octanol–water partition coefficient (Wildman–Crippen LogP) is 4.27. The van der Waals surface area contributed by atoms with E-state index in [4.69, 9.17) is 11.6 Å². The van der Waals surface area contributed by atoms with E-state index < -0.39 is 0 Å². The second-order valence-corrected chi connectivity index (χ2v) is 4.92. The van der Waals surface area contributed by atoms with Crippen LogP contribution in [0, 0.1) is 3.57 Å². The van der Waals surface area contributed by atoms with Crippen LogP contribution >= 0.6 is 50.1 Å². The van der Waals surface area contributed by atoms with E-state index in [1.807, 2.05) is 12.1 Å². The van der Waals surface area contributed by atoms with Gasteiger partial charge in [0.1, 0.15) is 0 Å². The lowest BCUT2D eigenvalue weighted by Gasteiger charge is -2.02. The first-order chi connectivity index (χ1) is 5.74. The van der Waals surface area contributed by atoms with Gasteiger partial charge >= 0.3 is 0 Å². The molecule has 0 aliphatic heterocycles. The van der Waals surface area contributed by atoms with Crippen LogP contribution in [0.2, 0.25) is 5.02 Å². The van der Waals surface area contributed by atoms with E-state index in [9.17, 15) is 0 Å². The first-order valence-corrected chi connectivity index (χ1v) is 6.31.